The second-order valence-corrected chi connectivity index (χ2v) is 8.43. The van der Waals surface area contributed by atoms with E-state index >= 15 is 0 Å². The maximum absolute atomic E-state index is 4.72. The Morgan fingerprint density at radius 3 is 2.31 bits per heavy atom. The molecule has 0 N–H and O–H groups in total. The van der Waals surface area contributed by atoms with Crippen LogP contribution in [0, 0.1) is 0 Å². The normalized spacial score (nSPS) is 17.0. The van der Waals surface area contributed by atoms with Crippen LogP contribution in [-0.4, -0.2) is 15.0 Å². The first-order chi connectivity index (χ1) is 11.9. The van der Waals surface area contributed by atoms with Gasteiger partial charge in [-0.25, -0.2) is 0 Å². The molecule has 3 nitrogen and oxygen atoms in total. The van der Waals surface area contributed by atoms with Crippen molar-refractivity contribution in [2.75, 3.05) is 0 Å². The van der Waals surface area contributed by atoms with Gasteiger partial charge in [0.25, 0.3) is 0 Å². The molecule has 26 heavy (non-hydrogen) atoms. The molecule has 0 saturated carbocycles. The van der Waals surface area contributed by atoms with Crippen LogP contribution in [0.3, 0.4) is 0 Å². The standard InChI is InChI=1S/C15H10N3.C5H5.2ClH.Ti/c1-2-6-12-10-13(9-11(12)5-1)18-16-14-7-3-4-8-15(14)17-18;1-2-4-5-3-1;;;/h1-10H;1-3H,4H2;2*1H;/q;;;;+2/p-2. The molecule has 5 rings (SSSR count). The summed E-state index contributed by atoms with van der Waals surface area (Å²) < 4.78 is 2.04. The van der Waals surface area contributed by atoms with Crippen LogP contribution in [-0.2, 0) is 19.2 Å². The second kappa shape index (κ2) is 7.93. The van der Waals surface area contributed by atoms with Crippen molar-refractivity contribution in [1.29, 1.82) is 0 Å². The fourth-order valence-corrected chi connectivity index (χ4v) is 5.79. The van der Waals surface area contributed by atoms with Crippen LogP contribution in [0.25, 0.3) is 22.8 Å². The fraction of sp³-hybridized carbons (Fsp3) is 0.100. The Bertz CT molecular complexity index is 1000. The van der Waals surface area contributed by atoms with Gasteiger partial charge in [-0.1, -0.05) is 0 Å². The number of halogens is 2. The van der Waals surface area contributed by atoms with Gasteiger partial charge in [-0.3, -0.25) is 0 Å². The summed E-state index contributed by atoms with van der Waals surface area (Å²) in [6.07, 6.45) is 10.1. The second-order valence-electron chi connectivity index (χ2n) is 6.08. The average molecular weight is 416 g/mol. The van der Waals surface area contributed by atoms with Gasteiger partial charge in [0.15, 0.2) is 0 Å². The Balaban J connectivity index is 0.000000980. The number of hydrogen-bond donors (Lipinski definition) is 0. The van der Waals surface area contributed by atoms with Crippen LogP contribution in [0.4, 0.5) is 0 Å². The van der Waals surface area contributed by atoms with Crippen molar-refractivity contribution in [3.8, 4) is 0 Å². The minimum Gasteiger partial charge on any atom is -1.00 e. The third-order valence-electron chi connectivity index (χ3n) is 4.52. The number of nitrogens with zero attached hydrogens (tertiary/aromatic N) is 3. The molecule has 0 fully saturated rings. The summed E-state index contributed by atoms with van der Waals surface area (Å²) in [5, 5.41) is 9.45. The van der Waals surface area contributed by atoms with Gasteiger partial charge in [-0.2, -0.15) is 0 Å². The van der Waals surface area contributed by atoms with E-state index in [1.54, 1.807) is 3.88 Å². The summed E-state index contributed by atoms with van der Waals surface area (Å²) in [4.78, 5) is 1.86. The first-order valence-electron chi connectivity index (χ1n) is 8.14. The molecule has 0 amide bonds. The van der Waals surface area contributed by atoms with Crippen LogP contribution in [0.1, 0.15) is 21.8 Å². The molecule has 0 bridgehead atoms. The smallest absolute Gasteiger partial charge is 1.00 e. The van der Waals surface area contributed by atoms with E-state index in [0.29, 0.717) is 4.22 Å². The molecular weight excluding hydrogens is 401 g/mol. The SMILES string of the molecule is C1=CC[C]([Ti+2][CH]2C(n3nc4ccccc4n3)=Cc3ccccc32)=C1.[Cl-].[Cl-]. The first-order valence-corrected chi connectivity index (χ1v) is 9.82. The first kappa shape index (κ1) is 19.1. The number of aromatic nitrogens is 3. The van der Waals surface area contributed by atoms with E-state index in [1.807, 2.05) is 29.1 Å². The summed E-state index contributed by atoms with van der Waals surface area (Å²) in [5.41, 5.74) is 5.88. The zero-order valence-corrected chi connectivity index (χ0v) is 16.9. The van der Waals surface area contributed by atoms with Crippen molar-refractivity contribution in [1.82, 2.24) is 15.0 Å². The van der Waals surface area contributed by atoms with Crippen molar-refractivity contribution in [2.24, 2.45) is 0 Å². The Labute approximate surface area is 173 Å². The number of benzene rings is 2. The third kappa shape index (κ3) is 3.33. The Kier molecular flexibility index (Phi) is 5.84. The minimum absolute atomic E-state index is 0. The summed E-state index contributed by atoms with van der Waals surface area (Å²) in [5.74, 6) is 0. The van der Waals surface area contributed by atoms with E-state index in [4.69, 9.17) is 10.2 Å². The zero-order valence-electron chi connectivity index (χ0n) is 13.8. The van der Waals surface area contributed by atoms with Gasteiger partial charge in [0, 0.05) is 0 Å². The number of allylic oxidation sites excluding steroid dienone is 5. The topological polar surface area (TPSA) is 30.7 Å². The van der Waals surface area contributed by atoms with Crippen LogP contribution in [0.15, 0.2) is 70.6 Å². The van der Waals surface area contributed by atoms with Crippen LogP contribution in [0.2, 0.25) is 0 Å². The van der Waals surface area contributed by atoms with Gasteiger partial charge < -0.3 is 24.8 Å². The predicted octanol–water partition coefficient (Wildman–Crippen LogP) is -1.58. The van der Waals surface area contributed by atoms with E-state index in [1.165, 1.54) is 16.8 Å². The molecule has 2 aliphatic rings. The van der Waals surface area contributed by atoms with Crippen molar-refractivity contribution >= 4 is 22.8 Å². The minimum atomic E-state index is -0.296. The molecule has 1 heterocycles. The summed E-state index contributed by atoms with van der Waals surface area (Å²) in [6.45, 7) is 0. The Morgan fingerprint density at radius 2 is 1.62 bits per heavy atom. The molecular formula is C20H15Cl2N3Ti. The molecule has 1 aromatic heterocycles. The largest absolute Gasteiger partial charge is 1.00 e. The molecule has 2 aromatic carbocycles. The van der Waals surface area contributed by atoms with Gasteiger partial charge in [-0.15, -0.1) is 0 Å². The maximum Gasteiger partial charge on any atom is -1.00 e. The molecule has 0 radical (unpaired) electrons. The molecule has 6 heteroatoms. The molecule has 3 aromatic rings. The summed E-state index contributed by atoms with van der Waals surface area (Å²) in [7, 11) is 0. The van der Waals surface area contributed by atoms with E-state index in [-0.39, 0.29) is 44.0 Å². The van der Waals surface area contributed by atoms with E-state index in [0.717, 1.165) is 17.5 Å². The molecule has 0 saturated heterocycles. The van der Waals surface area contributed by atoms with Gasteiger partial charge in [0.05, 0.1) is 0 Å². The zero-order chi connectivity index (χ0) is 15.9. The third-order valence-corrected chi connectivity index (χ3v) is 7.08. The Morgan fingerprint density at radius 1 is 0.923 bits per heavy atom. The van der Waals surface area contributed by atoms with E-state index in [2.05, 4.69) is 48.6 Å². The number of hydrogen-bond acceptors (Lipinski definition) is 2. The van der Waals surface area contributed by atoms with Crippen LogP contribution in [0.5, 0.6) is 0 Å². The van der Waals surface area contributed by atoms with Crippen molar-refractivity contribution < 1.29 is 44.0 Å². The molecule has 128 valence electrons. The molecule has 0 spiro atoms. The van der Waals surface area contributed by atoms with Gasteiger partial charge in [-0.05, 0) is 0 Å². The van der Waals surface area contributed by atoms with E-state index < -0.39 is 0 Å². The number of fused-ring (bicyclic) bond motifs is 2. The molecule has 1 unspecified atom stereocenters. The van der Waals surface area contributed by atoms with Crippen molar-refractivity contribution in [2.45, 2.75) is 10.6 Å². The number of rotatable bonds is 3. The van der Waals surface area contributed by atoms with Gasteiger partial charge in [0.2, 0.25) is 0 Å². The quantitative estimate of drug-likeness (QED) is 0.483. The van der Waals surface area contributed by atoms with Gasteiger partial charge in [0.1, 0.15) is 0 Å². The predicted molar refractivity (Wildman–Crippen MR) is 92.7 cm³/mol. The van der Waals surface area contributed by atoms with Crippen molar-refractivity contribution in [3.63, 3.8) is 0 Å². The summed E-state index contributed by atoms with van der Waals surface area (Å²) >= 11 is -0.296. The van der Waals surface area contributed by atoms with Crippen LogP contribution < -0.4 is 24.8 Å². The van der Waals surface area contributed by atoms with E-state index in [9.17, 15) is 0 Å². The van der Waals surface area contributed by atoms with Crippen molar-refractivity contribution in [3.05, 3.63) is 81.8 Å². The fourth-order valence-electron chi connectivity index (χ4n) is 3.35. The van der Waals surface area contributed by atoms with Gasteiger partial charge >= 0.3 is 149 Å². The average Bonchev–Trinajstić information content (AvgIpc) is 3.33. The Hall–Kier alpha value is -1.65. The molecule has 2 aliphatic carbocycles. The summed E-state index contributed by atoms with van der Waals surface area (Å²) in [6, 6.07) is 16.8. The molecule has 1 atom stereocenters. The monoisotopic (exact) mass is 415 g/mol. The molecule has 0 aliphatic heterocycles. The van der Waals surface area contributed by atoms with Crippen LogP contribution >= 0.6 is 0 Å². The maximum atomic E-state index is 4.72.